The number of hydrogen-bond donors (Lipinski definition) is 2. The number of aromatic nitrogens is 2. The fourth-order valence-electron chi connectivity index (χ4n) is 1.13. The van der Waals surface area contributed by atoms with Crippen LogP contribution in [0, 0.1) is 0 Å². The van der Waals surface area contributed by atoms with E-state index in [9.17, 15) is 13.2 Å². The van der Waals surface area contributed by atoms with Crippen molar-refractivity contribution in [2.75, 3.05) is 4.72 Å². The van der Waals surface area contributed by atoms with Crippen molar-refractivity contribution >= 4 is 43.8 Å². The molecule has 2 N–H and O–H groups in total. The molecule has 0 unspecified atom stereocenters. The Morgan fingerprint density at radius 1 is 1.44 bits per heavy atom. The fraction of sp³-hybridized carbons (Fsp3) is 0.125. The van der Waals surface area contributed by atoms with Crippen molar-refractivity contribution in [3.8, 4) is 0 Å². The van der Waals surface area contributed by atoms with E-state index < -0.39 is 16.0 Å². The number of rotatable bonds is 5. The van der Waals surface area contributed by atoms with Crippen LogP contribution < -0.4 is 4.72 Å². The lowest BCUT2D eigenvalue weighted by atomic mass is 10.3. The second kappa shape index (κ2) is 5.00. The number of carboxylic acid groups (broad SMARTS) is 1. The zero-order valence-corrected chi connectivity index (χ0v) is 11.2. The molecule has 18 heavy (non-hydrogen) atoms. The molecule has 0 atom stereocenters. The van der Waals surface area contributed by atoms with Crippen molar-refractivity contribution in [1.29, 1.82) is 0 Å². The van der Waals surface area contributed by atoms with E-state index in [1.807, 2.05) is 0 Å². The predicted octanol–water partition coefficient (Wildman–Crippen LogP) is 1.03. The molecule has 0 saturated heterocycles. The van der Waals surface area contributed by atoms with E-state index in [4.69, 9.17) is 5.11 Å². The van der Waals surface area contributed by atoms with Crippen molar-refractivity contribution in [3.63, 3.8) is 0 Å². The van der Waals surface area contributed by atoms with Crippen molar-refractivity contribution in [1.82, 2.24) is 10.2 Å². The Labute approximate surface area is 110 Å². The molecule has 2 heterocycles. The van der Waals surface area contributed by atoms with Gasteiger partial charge in [-0.05, 0) is 12.1 Å². The zero-order chi connectivity index (χ0) is 13.2. The van der Waals surface area contributed by atoms with E-state index in [1.165, 1.54) is 17.6 Å². The molecule has 0 spiro atoms. The monoisotopic (exact) mass is 305 g/mol. The summed E-state index contributed by atoms with van der Waals surface area (Å²) in [6, 6.07) is 2.85. The lowest BCUT2D eigenvalue weighted by molar-refractivity contribution is -0.136. The van der Waals surface area contributed by atoms with Gasteiger partial charge in [-0.3, -0.25) is 9.52 Å². The average Bonchev–Trinajstić information content (AvgIpc) is 2.87. The molecule has 0 amide bonds. The second-order valence-electron chi connectivity index (χ2n) is 3.14. The molecule has 2 rings (SSSR count). The Morgan fingerprint density at radius 3 is 2.83 bits per heavy atom. The van der Waals surface area contributed by atoms with Crippen LogP contribution in [-0.2, 0) is 21.2 Å². The first-order valence-corrected chi connectivity index (χ1v) is 7.75. The molecular formula is C8H7N3O4S3. The van der Waals surface area contributed by atoms with Crippen LogP contribution in [-0.4, -0.2) is 29.7 Å². The number of thiophene rings is 1. The Bertz CT molecular complexity index is 647. The maximum absolute atomic E-state index is 11.9. The van der Waals surface area contributed by atoms with E-state index in [-0.39, 0.29) is 15.8 Å². The van der Waals surface area contributed by atoms with E-state index in [2.05, 4.69) is 14.9 Å². The molecule has 0 aliphatic rings. The smallest absolute Gasteiger partial charge is 0.308 e. The third-order valence-electron chi connectivity index (χ3n) is 1.81. The normalized spacial score (nSPS) is 11.3. The van der Waals surface area contributed by atoms with Crippen LogP contribution in [0.15, 0.2) is 21.9 Å². The fourth-order valence-corrected chi connectivity index (χ4v) is 4.17. The van der Waals surface area contributed by atoms with Crippen LogP contribution >= 0.6 is 22.7 Å². The summed E-state index contributed by atoms with van der Waals surface area (Å²) in [5.74, 6) is -1.00. The van der Waals surface area contributed by atoms with E-state index >= 15 is 0 Å². The highest BCUT2D eigenvalue weighted by molar-refractivity contribution is 7.94. The number of carbonyl (C=O) groups is 1. The molecule has 0 fully saturated rings. The number of hydrogen-bond acceptors (Lipinski definition) is 7. The molecular weight excluding hydrogens is 298 g/mol. The van der Waals surface area contributed by atoms with Crippen molar-refractivity contribution < 1.29 is 18.3 Å². The number of nitrogens with zero attached hydrogens (tertiary/aromatic N) is 2. The Kier molecular flexibility index (Phi) is 3.59. The summed E-state index contributed by atoms with van der Waals surface area (Å²) < 4.78 is 26.1. The molecule has 0 radical (unpaired) electrons. The Hall–Kier alpha value is -1.52. The minimum absolute atomic E-state index is 0.0500. The predicted molar refractivity (Wildman–Crippen MR) is 66.4 cm³/mol. The molecule has 2 aromatic heterocycles. The minimum atomic E-state index is -3.71. The maximum atomic E-state index is 11.9. The summed E-state index contributed by atoms with van der Waals surface area (Å²) in [5, 5.41) is 15.9. The van der Waals surface area contributed by atoms with Crippen LogP contribution in [0.3, 0.4) is 0 Å². The van der Waals surface area contributed by atoms with Crippen LogP contribution in [0.2, 0.25) is 0 Å². The van der Waals surface area contributed by atoms with E-state index in [0.29, 0.717) is 4.88 Å². The summed E-state index contributed by atoms with van der Waals surface area (Å²) in [7, 11) is -3.71. The van der Waals surface area contributed by atoms with Gasteiger partial charge in [0.2, 0.25) is 5.13 Å². The molecule has 0 saturated carbocycles. The molecule has 7 nitrogen and oxygen atoms in total. The number of anilines is 1. The minimum Gasteiger partial charge on any atom is -0.481 e. The average molecular weight is 305 g/mol. The van der Waals surface area contributed by atoms with Crippen molar-refractivity contribution in [2.45, 2.75) is 10.6 Å². The molecule has 96 valence electrons. The lowest BCUT2D eigenvalue weighted by Crippen LogP contribution is -2.11. The Morgan fingerprint density at radius 2 is 2.22 bits per heavy atom. The highest BCUT2D eigenvalue weighted by Crippen LogP contribution is 2.24. The van der Waals surface area contributed by atoms with Crippen LogP contribution in [0.4, 0.5) is 5.13 Å². The van der Waals surface area contributed by atoms with Gasteiger partial charge in [0, 0.05) is 4.88 Å². The highest BCUT2D eigenvalue weighted by atomic mass is 32.2. The van der Waals surface area contributed by atoms with Gasteiger partial charge in [0.1, 0.15) is 9.72 Å². The second-order valence-corrected chi connectivity index (χ2v) is 7.05. The summed E-state index contributed by atoms with van der Waals surface area (Å²) >= 11 is 1.98. The molecule has 0 aliphatic carbocycles. The summed E-state index contributed by atoms with van der Waals surface area (Å²) in [6.45, 7) is 0. The first kappa shape index (κ1) is 12.9. The van der Waals surface area contributed by atoms with Gasteiger partial charge in [-0.2, -0.15) is 0 Å². The van der Waals surface area contributed by atoms with Gasteiger partial charge in [0.25, 0.3) is 10.0 Å². The summed E-state index contributed by atoms with van der Waals surface area (Å²) in [6.07, 6.45) is -0.195. The van der Waals surface area contributed by atoms with Gasteiger partial charge in [0.15, 0.2) is 0 Å². The van der Waals surface area contributed by atoms with E-state index in [0.717, 1.165) is 22.7 Å². The van der Waals surface area contributed by atoms with Gasteiger partial charge in [-0.15, -0.1) is 21.5 Å². The summed E-state index contributed by atoms with van der Waals surface area (Å²) in [5.41, 5.74) is 1.40. The van der Waals surface area contributed by atoms with Gasteiger partial charge in [-0.25, -0.2) is 8.42 Å². The Balaban J connectivity index is 2.19. The summed E-state index contributed by atoms with van der Waals surface area (Å²) in [4.78, 5) is 11.0. The number of aliphatic carboxylic acids is 1. The molecule has 0 aliphatic heterocycles. The van der Waals surface area contributed by atoms with Gasteiger partial charge < -0.3 is 5.11 Å². The van der Waals surface area contributed by atoms with Gasteiger partial charge in [0.05, 0.1) is 6.42 Å². The molecule has 2 aromatic rings. The van der Waals surface area contributed by atoms with Crippen LogP contribution in [0.5, 0.6) is 0 Å². The molecule has 0 bridgehead atoms. The largest absolute Gasteiger partial charge is 0.481 e. The zero-order valence-electron chi connectivity index (χ0n) is 8.73. The first-order valence-electron chi connectivity index (χ1n) is 4.57. The highest BCUT2D eigenvalue weighted by Gasteiger charge is 2.18. The molecule has 10 heteroatoms. The van der Waals surface area contributed by atoms with E-state index in [1.54, 1.807) is 0 Å². The SMILES string of the molecule is O=C(O)Cc1ccc(S(=O)(=O)Nc2nncs2)s1. The van der Waals surface area contributed by atoms with Crippen molar-refractivity contribution in [3.05, 3.63) is 22.5 Å². The molecule has 0 aromatic carbocycles. The van der Waals surface area contributed by atoms with Gasteiger partial charge >= 0.3 is 5.97 Å². The quantitative estimate of drug-likeness (QED) is 0.853. The maximum Gasteiger partial charge on any atom is 0.308 e. The lowest BCUT2D eigenvalue weighted by Gasteiger charge is -2.00. The van der Waals surface area contributed by atoms with Crippen molar-refractivity contribution in [2.24, 2.45) is 0 Å². The van der Waals surface area contributed by atoms with Crippen LogP contribution in [0.25, 0.3) is 0 Å². The standard InChI is InChI=1S/C8H7N3O4S3/c12-6(13)3-5-1-2-7(17-5)18(14,15)11-8-10-9-4-16-8/h1-2,4H,3H2,(H,10,11)(H,12,13). The number of nitrogens with one attached hydrogen (secondary N) is 1. The third-order valence-corrected chi connectivity index (χ3v) is 5.46. The van der Waals surface area contributed by atoms with Crippen LogP contribution in [0.1, 0.15) is 4.88 Å². The number of sulfonamides is 1. The topological polar surface area (TPSA) is 109 Å². The van der Waals surface area contributed by atoms with Gasteiger partial charge in [-0.1, -0.05) is 11.3 Å². The first-order chi connectivity index (χ1) is 8.47. The third kappa shape index (κ3) is 3.03. The number of carboxylic acids is 1.